The van der Waals surface area contributed by atoms with Crippen LogP contribution in [0.5, 0.6) is 0 Å². The molecule has 0 spiro atoms. The van der Waals surface area contributed by atoms with Crippen LogP contribution < -0.4 is 0 Å². The second-order valence-corrected chi connectivity index (χ2v) is 4.09. The maximum absolute atomic E-state index is 11.5. The molecule has 1 unspecified atom stereocenters. The minimum absolute atomic E-state index is 0.433. The molecule has 0 N–H and O–H groups in total. The lowest BCUT2D eigenvalue weighted by atomic mass is 10.2. The zero-order valence-electron chi connectivity index (χ0n) is 8.19. The van der Waals surface area contributed by atoms with E-state index in [2.05, 4.69) is 5.92 Å². The zero-order valence-corrected chi connectivity index (χ0v) is 9.01. The largest absolute Gasteiger partial charge is 0.271 e. The summed E-state index contributed by atoms with van der Waals surface area (Å²) in [5.74, 6) is 2.36. The number of terminal acetylenes is 1. The van der Waals surface area contributed by atoms with Crippen molar-refractivity contribution in [2.75, 3.05) is 0 Å². The average molecular weight is 208 g/mol. The Hall–Kier alpha value is -1.11. The Kier molecular flexibility index (Phi) is 3.87. The highest BCUT2D eigenvalue weighted by molar-refractivity contribution is 7.80. The Morgan fingerprint density at radius 3 is 2.50 bits per heavy atom. The van der Waals surface area contributed by atoms with Gasteiger partial charge in [0.2, 0.25) is 0 Å². The lowest BCUT2D eigenvalue weighted by Gasteiger charge is -2.05. The van der Waals surface area contributed by atoms with Gasteiger partial charge in [-0.3, -0.25) is 4.18 Å². The van der Waals surface area contributed by atoms with Crippen LogP contribution in [0.15, 0.2) is 29.2 Å². The van der Waals surface area contributed by atoms with Crippen LogP contribution in [0.25, 0.3) is 0 Å². The van der Waals surface area contributed by atoms with E-state index in [1.54, 1.807) is 19.1 Å². The fourth-order valence-electron chi connectivity index (χ4n) is 0.864. The highest BCUT2D eigenvalue weighted by Crippen LogP contribution is 2.10. The van der Waals surface area contributed by atoms with Gasteiger partial charge in [-0.25, -0.2) is 4.21 Å². The fraction of sp³-hybridized carbons (Fsp3) is 0.273. The number of rotatable bonds is 3. The van der Waals surface area contributed by atoms with Gasteiger partial charge in [0.1, 0.15) is 6.10 Å². The molecule has 0 aliphatic carbocycles. The van der Waals surface area contributed by atoms with E-state index in [0.717, 1.165) is 5.56 Å². The molecule has 0 saturated carbocycles. The standard InChI is InChI=1S/C11H12O2S/c1-4-10(3)13-14(12)11-7-5-9(2)6-8-11/h1,5-8,10H,2-3H3/t10-,14?/m0/s1. The van der Waals surface area contributed by atoms with E-state index in [4.69, 9.17) is 10.6 Å². The minimum Gasteiger partial charge on any atom is -0.271 e. The summed E-state index contributed by atoms with van der Waals surface area (Å²) < 4.78 is 16.6. The van der Waals surface area contributed by atoms with Gasteiger partial charge < -0.3 is 0 Å². The van der Waals surface area contributed by atoms with Gasteiger partial charge in [-0.05, 0) is 26.0 Å². The SMILES string of the molecule is C#C[C@H](C)OS(=O)c1ccc(C)cc1. The maximum Gasteiger partial charge on any atom is 0.190 e. The molecule has 0 bridgehead atoms. The zero-order chi connectivity index (χ0) is 10.6. The highest BCUT2D eigenvalue weighted by Gasteiger charge is 2.07. The van der Waals surface area contributed by atoms with E-state index in [1.807, 2.05) is 19.1 Å². The molecule has 1 aromatic carbocycles. The molecule has 2 nitrogen and oxygen atoms in total. The summed E-state index contributed by atoms with van der Waals surface area (Å²) in [6, 6.07) is 7.32. The van der Waals surface area contributed by atoms with Crippen LogP contribution in [0.1, 0.15) is 12.5 Å². The molecular formula is C11H12O2S. The van der Waals surface area contributed by atoms with Gasteiger partial charge in [-0.1, -0.05) is 23.6 Å². The van der Waals surface area contributed by atoms with E-state index in [0.29, 0.717) is 4.90 Å². The van der Waals surface area contributed by atoms with Gasteiger partial charge in [-0.2, -0.15) is 0 Å². The first-order valence-electron chi connectivity index (χ1n) is 4.25. The van der Waals surface area contributed by atoms with Gasteiger partial charge >= 0.3 is 0 Å². The smallest absolute Gasteiger partial charge is 0.190 e. The Balaban J connectivity index is 2.71. The predicted molar refractivity (Wildman–Crippen MR) is 57.0 cm³/mol. The van der Waals surface area contributed by atoms with Crippen LogP contribution in [0.2, 0.25) is 0 Å². The summed E-state index contributed by atoms with van der Waals surface area (Å²) in [5, 5.41) is 0. The topological polar surface area (TPSA) is 26.3 Å². The second kappa shape index (κ2) is 4.94. The average Bonchev–Trinajstić information content (AvgIpc) is 2.18. The van der Waals surface area contributed by atoms with Crippen LogP contribution >= 0.6 is 0 Å². The molecule has 0 amide bonds. The van der Waals surface area contributed by atoms with Gasteiger partial charge in [0.05, 0.1) is 4.90 Å². The molecular weight excluding hydrogens is 196 g/mol. The lowest BCUT2D eigenvalue weighted by molar-refractivity contribution is 0.308. The first-order valence-corrected chi connectivity index (χ1v) is 5.32. The third-order valence-corrected chi connectivity index (χ3v) is 2.80. The fourth-order valence-corrected chi connectivity index (χ4v) is 1.65. The third-order valence-electron chi connectivity index (χ3n) is 1.68. The molecule has 0 heterocycles. The second-order valence-electron chi connectivity index (χ2n) is 2.95. The van der Waals surface area contributed by atoms with Crippen LogP contribution in [-0.2, 0) is 15.3 Å². The van der Waals surface area contributed by atoms with Crippen molar-refractivity contribution in [3.05, 3.63) is 29.8 Å². The predicted octanol–water partition coefficient (Wildman–Crippen LogP) is 2.06. The van der Waals surface area contributed by atoms with Gasteiger partial charge in [0.25, 0.3) is 0 Å². The Morgan fingerprint density at radius 2 is 2.00 bits per heavy atom. The third kappa shape index (κ3) is 2.99. The number of aryl methyl sites for hydroxylation is 1. The van der Waals surface area contributed by atoms with Gasteiger partial charge in [0, 0.05) is 0 Å². The quantitative estimate of drug-likeness (QED) is 0.711. The van der Waals surface area contributed by atoms with E-state index in [9.17, 15) is 4.21 Å². The van der Waals surface area contributed by atoms with Crippen LogP contribution in [0.3, 0.4) is 0 Å². The van der Waals surface area contributed by atoms with Gasteiger partial charge in [-0.15, -0.1) is 6.42 Å². The highest BCUT2D eigenvalue weighted by atomic mass is 32.2. The number of hydrogen-bond acceptors (Lipinski definition) is 2. The molecule has 0 radical (unpaired) electrons. The van der Waals surface area contributed by atoms with Gasteiger partial charge in [0.15, 0.2) is 11.1 Å². The molecule has 0 aromatic heterocycles. The monoisotopic (exact) mass is 208 g/mol. The normalized spacial score (nSPS) is 14.4. The molecule has 0 fully saturated rings. The minimum atomic E-state index is -1.46. The van der Waals surface area contributed by atoms with Crippen molar-refractivity contribution in [1.82, 2.24) is 0 Å². The van der Waals surface area contributed by atoms with Crippen molar-refractivity contribution in [3.63, 3.8) is 0 Å². The van der Waals surface area contributed by atoms with Crippen molar-refractivity contribution < 1.29 is 8.39 Å². The summed E-state index contributed by atoms with van der Waals surface area (Å²) in [7, 11) is 0. The number of benzene rings is 1. The maximum atomic E-state index is 11.5. The Morgan fingerprint density at radius 1 is 1.43 bits per heavy atom. The van der Waals surface area contributed by atoms with Crippen molar-refractivity contribution in [1.29, 1.82) is 0 Å². The van der Waals surface area contributed by atoms with Crippen LogP contribution in [0, 0.1) is 19.3 Å². The van der Waals surface area contributed by atoms with E-state index >= 15 is 0 Å². The summed E-state index contributed by atoms with van der Waals surface area (Å²) in [6.45, 7) is 3.66. The molecule has 0 saturated heterocycles. The summed E-state index contributed by atoms with van der Waals surface area (Å²) >= 11 is -1.46. The first-order chi connectivity index (χ1) is 6.63. The molecule has 14 heavy (non-hydrogen) atoms. The lowest BCUT2D eigenvalue weighted by Crippen LogP contribution is -2.07. The first kappa shape index (κ1) is 11.0. The van der Waals surface area contributed by atoms with Crippen molar-refractivity contribution >= 4 is 11.1 Å². The molecule has 1 aromatic rings. The molecule has 0 aliphatic rings. The molecule has 2 atom stereocenters. The Bertz CT molecular complexity index is 362. The summed E-state index contributed by atoms with van der Waals surface area (Å²) in [4.78, 5) is 0.637. The molecule has 0 aliphatic heterocycles. The van der Waals surface area contributed by atoms with Crippen LogP contribution in [-0.4, -0.2) is 10.3 Å². The van der Waals surface area contributed by atoms with Crippen LogP contribution in [0.4, 0.5) is 0 Å². The van der Waals surface area contributed by atoms with Crippen molar-refractivity contribution in [2.24, 2.45) is 0 Å². The van der Waals surface area contributed by atoms with E-state index < -0.39 is 17.2 Å². The molecule has 1 rings (SSSR count). The van der Waals surface area contributed by atoms with Crippen molar-refractivity contribution in [3.8, 4) is 12.3 Å². The molecule has 74 valence electrons. The summed E-state index contributed by atoms with van der Waals surface area (Å²) in [5.41, 5.74) is 1.12. The van der Waals surface area contributed by atoms with E-state index in [-0.39, 0.29) is 0 Å². The summed E-state index contributed by atoms with van der Waals surface area (Å²) in [6.07, 6.45) is 4.68. The Labute approximate surface area is 87.0 Å². The molecule has 3 heteroatoms. The van der Waals surface area contributed by atoms with Crippen molar-refractivity contribution in [2.45, 2.75) is 24.8 Å². The number of hydrogen-bond donors (Lipinski definition) is 0. The van der Waals surface area contributed by atoms with E-state index in [1.165, 1.54) is 0 Å².